The fraction of sp³-hybridized carbons (Fsp3) is 0.161. The van der Waals surface area contributed by atoms with E-state index in [-0.39, 0.29) is 17.3 Å². The molecule has 3 aliphatic rings. The Balaban J connectivity index is 1.36. The van der Waals surface area contributed by atoms with Crippen LogP contribution in [0.4, 0.5) is 0 Å². The molecule has 1 spiro atoms. The second kappa shape index (κ2) is 7.90. The summed E-state index contributed by atoms with van der Waals surface area (Å²) < 4.78 is 13.5. The van der Waals surface area contributed by atoms with Crippen molar-refractivity contribution in [2.45, 2.75) is 29.5 Å². The molecular weight excluding hydrogens is 516 g/mol. The highest BCUT2D eigenvalue weighted by atomic mass is 79.9. The predicted molar refractivity (Wildman–Crippen MR) is 138 cm³/mol. The molecule has 0 aliphatic heterocycles. The van der Waals surface area contributed by atoms with Gasteiger partial charge in [0, 0.05) is 21.7 Å². The highest BCUT2D eigenvalue weighted by molar-refractivity contribution is 9.10. The number of rotatable bonds is 4. The van der Waals surface area contributed by atoms with E-state index in [4.69, 9.17) is 9.47 Å². The van der Waals surface area contributed by atoms with Gasteiger partial charge in [-0.15, -0.1) is 0 Å². The molecule has 0 radical (unpaired) electrons. The SMILES string of the molecule is O=C(OC1C(OC(=O)c2ccccc2)[C@H]2c3c(Br)cccc3[C@@]23c2ccccc2C13)c1ccccc1. The molecule has 1 saturated carbocycles. The summed E-state index contributed by atoms with van der Waals surface area (Å²) in [6, 6.07) is 32.5. The minimum absolute atomic E-state index is 0.0956. The van der Waals surface area contributed by atoms with Gasteiger partial charge in [0.15, 0.2) is 0 Å². The topological polar surface area (TPSA) is 52.6 Å². The molecular formula is C31H21BrO4. The van der Waals surface area contributed by atoms with Crippen molar-refractivity contribution >= 4 is 27.9 Å². The van der Waals surface area contributed by atoms with Gasteiger partial charge in [-0.1, -0.05) is 88.7 Å². The van der Waals surface area contributed by atoms with E-state index in [1.165, 1.54) is 11.1 Å². The van der Waals surface area contributed by atoms with Crippen molar-refractivity contribution in [1.82, 2.24) is 0 Å². The maximum atomic E-state index is 13.3. The smallest absolute Gasteiger partial charge is 0.338 e. The quantitative estimate of drug-likeness (QED) is 0.283. The van der Waals surface area contributed by atoms with Gasteiger partial charge in [0.1, 0.15) is 12.2 Å². The third kappa shape index (κ3) is 2.75. The highest BCUT2D eigenvalue weighted by Crippen LogP contribution is 2.77. The second-order valence-electron chi connectivity index (χ2n) is 9.58. The van der Waals surface area contributed by atoms with Gasteiger partial charge in [-0.25, -0.2) is 9.59 Å². The van der Waals surface area contributed by atoms with Crippen molar-refractivity contribution in [2.24, 2.45) is 0 Å². The van der Waals surface area contributed by atoms with E-state index in [0.29, 0.717) is 11.1 Å². The van der Waals surface area contributed by atoms with Gasteiger partial charge >= 0.3 is 11.9 Å². The molecule has 0 bridgehead atoms. The zero-order valence-corrected chi connectivity index (χ0v) is 20.7. The van der Waals surface area contributed by atoms with Crippen molar-refractivity contribution in [3.05, 3.63) is 141 Å². The zero-order valence-electron chi connectivity index (χ0n) is 19.1. The molecule has 0 aromatic heterocycles. The normalized spacial score (nSPS) is 26.2. The first-order chi connectivity index (χ1) is 17.6. The Labute approximate surface area is 217 Å². The molecule has 4 nitrogen and oxygen atoms in total. The van der Waals surface area contributed by atoms with Gasteiger partial charge < -0.3 is 9.47 Å². The minimum atomic E-state index is -0.631. The first-order valence-electron chi connectivity index (χ1n) is 12.0. The van der Waals surface area contributed by atoms with E-state index in [0.717, 1.165) is 15.6 Å². The van der Waals surface area contributed by atoms with Gasteiger partial charge in [-0.05, 0) is 52.6 Å². The number of hydrogen-bond donors (Lipinski definition) is 0. The molecule has 1 fully saturated rings. The summed E-state index contributed by atoms with van der Waals surface area (Å²) in [6.45, 7) is 0. The molecule has 3 unspecified atom stereocenters. The Hall–Kier alpha value is -3.70. The molecule has 4 aromatic rings. The van der Waals surface area contributed by atoms with E-state index in [9.17, 15) is 9.59 Å². The number of benzene rings is 4. The number of esters is 2. The largest absolute Gasteiger partial charge is 0.454 e. The summed E-state index contributed by atoms with van der Waals surface area (Å²) in [7, 11) is 0. The number of ether oxygens (including phenoxy) is 2. The third-order valence-corrected chi connectivity index (χ3v) is 8.71. The van der Waals surface area contributed by atoms with Crippen molar-refractivity contribution in [1.29, 1.82) is 0 Å². The predicted octanol–water partition coefficient (Wildman–Crippen LogP) is 6.39. The molecule has 0 heterocycles. The lowest BCUT2D eigenvalue weighted by Gasteiger charge is -2.58. The van der Waals surface area contributed by atoms with Crippen LogP contribution in [0, 0.1) is 0 Å². The summed E-state index contributed by atoms with van der Waals surface area (Å²) in [5.74, 6) is -1.04. The molecule has 3 aliphatic carbocycles. The number of hydrogen-bond acceptors (Lipinski definition) is 4. The Kier molecular flexibility index (Phi) is 4.74. The fourth-order valence-electron chi connectivity index (χ4n) is 6.73. The lowest BCUT2D eigenvalue weighted by molar-refractivity contribution is -0.0318. The van der Waals surface area contributed by atoms with E-state index in [2.05, 4.69) is 34.1 Å². The van der Waals surface area contributed by atoms with Gasteiger partial charge in [0.25, 0.3) is 0 Å². The minimum Gasteiger partial charge on any atom is -0.454 e. The first-order valence-corrected chi connectivity index (χ1v) is 12.8. The monoisotopic (exact) mass is 536 g/mol. The molecule has 176 valence electrons. The van der Waals surface area contributed by atoms with Crippen LogP contribution in [0.15, 0.2) is 108 Å². The van der Waals surface area contributed by atoms with Crippen LogP contribution in [0.2, 0.25) is 0 Å². The van der Waals surface area contributed by atoms with Gasteiger partial charge in [0.05, 0.1) is 11.1 Å². The van der Waals surface area contributed by atoms with Crippen LogP contribution in [-0.4, -0.2) is 24.1 Å². The summed E-state index contributed by atoms with van der Waals surface area (Å²) in [4.78, 5) is 26.6. The second-order valence-corrected chi connectivity index (χ2v) is 10.4. The maximum absolute atomic E-state index is 13.3. The molecule has 5 heteroatoms. The molecule has 36 heavy (non-hydrogen) atoms. The van der Waals surface area contributed by atoms with Gasteiger partial charge in [-0.3, -0.25) is 0 Å². The van der Waals surface area contributed by atoms with E-state index in [1.807, 2.05) is 60.7 Å². The summed E-state index contributed by atoms with van der Waals surface area (Å²) >= 11 is 3.74. The fourth-order valence-corrected chi connectivity index (χ4v) is 7.34. The standard InChI is InChI=1S/C31H21BrO4/c32-23-17-9-16-22-24(23)26-28(36-30(34)19-12-5-2-6-13-19)27(35-29(33)18-10-3-1-4-11-18)25-20-14-7-8-15-21(20)31(22,25)26/h1-17,25-28H/t25?,26-,27?,28?,31-/m1/s1. The van der Waals surface area contributed by atoms with Crippen molar-refractivity contribution < 1.29 is 19.1 Å². The van der Waals surface area contributed by atoms with Gasteiger partial charge in [0.2, 0.25) is 0 Å². The lowest BCUT2D eigenvalue weighted by atomic mass is 9.44. The summed E-state index contributed by atoms with van der Waals surface area (Å²) in [5.41, 5.74) is 5.32. The Morgan fingerprint density at radius 2 is 1.14 bits per heavy atom. The van der Waals surface area contributed by atoms with Crippen LogP contribution in [0.3, 0.4) is 0 Å². The summed E-state index contributed by atoms with van der Waals surface area (Å²) in [6.07, 6.45) is -1.25. The van der Waals surface area contributed by atoms with Crippen LogP contribution in [0.25, 0.3) is 0 Å². The van der Waals surface area contributed by atoms with Crippen molar-refractivity contribution in [3.63, 3.8) is 0 Å². The molecule has 0 saturated heterocycles. The number of fused-ring (bicyclic) bond motifs is 4. The molecule has 0 N–H and O–H groups in total. The Morgan fingerprint density at radius 1 is 0.611 bits per heavy atom. The number of carbonyl (C=O) groups excluding carboxylic acids is 2. The van der Waals surface area contributed by atoms with Crippen molar-refractivity contribution in [2.75, 3.05) is 0 Å². The van der Waals surface area contributed by atoms with Crippen LogP contribution in [-0.2, 0) is 14.9 Å². The van der Waals surface area contributed by atoms with Crippen LogP contribution in [0.5, 0.6) is 0 Å². The average molecular weight is 537 g/mol. The highest BCUT2D eigenvalue weighted by Gasteiger charge is 2.76. The van der Waals surface area contributed by atoms with E-state index in [1.54, 1.807) is 24.3 Å². The molecule has 7 rings (SSSR count). The van der Waals surface area contributed by atoms with Crippen LogP contribution < -0.4 is 0 Å². The zero-order chi connectivity index (χ0) is 24.4. The molecule has 5 atom stereocenters. The van der Waals surface area contributed by atoms with Gasteiger partial charge in [-0.2, -0.15) is 0 Å². The molecule has 4 aromatic carbocycles. The van der Waals surface area contributed by atoms with Crippen molar-refractivity contribution in [3.8, 4) is 0 Å². The average Bonchev–Trinajstić information content (AvgIpc) is 3.08. The summed E-state index contributed by atoms with van der Waals surface area (Å²) in [5, 5.41) is 0. The van der Waals surface area contributed by atoms with Crippen LogP contribution >= 0.6 is 15.9 Å². The van der Waals surface area contributed by atoms with E-state index >= 15 is 0 Å². The Bertz CT molecular complexity index is 1520. The first kappa shape index (κ1) is 21.6. The van der Waals surface area contributed by atoms with Crippen LogP contribution in [0.1, 0.15) is 54.8 Å². The molecule has 0 amide bonds. The number of halogens is 1. The third-order valence-electron chi connectivity index (χ3n) is 8.02. The number of carbonyl (C=O) groups is 2. The lowest BCUT2D eigenvalue weighted by Crippen LogP contribution is -2.53. The maximum Gasteiger partial charge on any atom is 0.338 e. The van der Waals surface area contributed by atoms with E-state index < -0.39 is 24.1 Å². The Morgan fingerprint density at radius 3 is 1.78 bits per heavy atom.